The standard InChI is InChI=1S/C16H14N4O/c21-15(14-9-10-5-1-2-6-11(10)17-14)20-16-18-12-7-3-4-8-13(12)19-16/h1-8,14,17H,9H2,(H2,18,19,20,21)/t14-/m0/s1. The summed E-state index contributed by atoms with van der Waals surface area (Å²) in [6, 6.07) is 15.4. The van der Waals surface area contributed by atoms with E-state index in [-0.39, 0.29) is 11.9 Å². The second-order valence-electron chi connectivity index (χ2n) is 5.15. The van der Waals surface area contributed by atoms with E-state index in [9.17, 15) is 4.79 Å². The van der Waals surface area contributed by atoms with Crippen molar-refractivity contribution in [1.82, 2.24) is 9.97 Å². The first kappa shape index (κ1) is 12.0. The highest BCUT2D eigenvalue weighted by Gasteiger charge is 2.26. The minimum Gasteiger partial charge on any atom is -0.373 e. The van der Waals surface area contributed by atoms with Gasteiger partial charge < -0.3 is 10.3 Å². The average molecular weight is 278 g/mol. The fourth-order valence-electron chi connectivity index (χ4n) is 2.67. The topological polar surface area (TPSA) is 69.8 Å². The van der Waals surface area contributed by atoms with Crippen molar-refractivity contribution in [3.8, 4) is 0 Å². The van der Waals surface area contributed by atoms with Crippen LogP contribution in [0.4, 0.5) is 11.6 Å². The lowest BCUT2D eigenvalue weighted by molar-refractivity contribution is -0.116. The van der Waals surface area contributed by atoms with Gasteiger partial charge in [0.05, 0.1) is 11.0 Å². The molecular weight excluding hydrogens is 264 g/mol. The fraction of sp³-hybridized carbons (Fsp3) is 0.125. The first-order valence-electron chi connectivity index (χ1n) is 6.90. The molecule has 0 spiro atoms. The van der Waals surface area contributed by atoms with Gasteiger partial charge in [-0.25, -0.2) is 4.98 Å². The predicted molar refractivity (Wildman–Crippen MR) is 82.3 cm³/mol. The Morgan fingerprint density at radius 1 is 1.14 bits per heavy atom. The van der Waals surface area contributed by atoms with E-state index in [0.29, 0.717) is 12.4 Å². The molecule has 3 N–H and O–H groups in total. The lowest BCUT2D eigenvalue weighted by atomic mass is 10.1. The number of para-hydroxylation sites is 3. The highest BCUT2D eigenvalue weighted by atomic mass is 16.2. The molecule has 1 aromatic heterocycles. The van der Waals surface area contributed by atoms with Crippen LogP contribution in [0.15, 0.2) is 48.5 Å². The summed E-state index contributed by atoms with van der Waals surface area (Å²) in [5.74, 6) is 0.407. The number of aromatic nitrogens is 2. The number of hydrogen-bond donors (Lipinski definition) is 3. The molecule has 3 aromatic rings. The lowest BCUT2D eigenvalue weighted by Gasteiger charge is -2.09. The van der Waals surface area contributed by atoms with Crippen LogP contribution in [0, 0.1) is 0 Å². The Kier molecular flexibility index (Phi) is 2.64. The summed E-state index contributed by atoms with van der Waals surface area (Å²) in [5.41, 5.74) is 3.95. The average Bonchev–Trinajstić information content (AvgIpc) is 3.10. The third-order valence-corrected chi connectivity index (χ3v) is 3.72. The minimum absolute atomic E-state index is 0.0785. The number of nitrogens with zero attached hydrogens (tertiary/aromatic N) is 1. The summed E-state index contributed by atoms with van der Waals surface area (Å²) < 4.78 is 0. The van der Waals surface area contributed by atoms with Crippen LogP contribution >= 0.6 is 0 Å². The van der Waals surface area contributed by atoms with Gasteiger partial charge in [0, 0.05) is 12.1 Å². The number of aromatic amines is 1. The summed E-state index contributed by atoms with van der Waals surface area (Å²) in [7, 11) is 0. The molecule has 0 radical (unpaired) electrons. The molecule has 1 atom stereocenters. The number of carbonyl (C=O) groups is 1. The van der Waals surface area contributed by atoms with Crippen molar-refractivity contribution in [2.45, 2.75) is 12.5 Å². The van der Waals surface area contributed by atoms with Gasteiger partial charge in [-0.05, 0) is 23.8 Å². The van der Waals surface area contributed by atoms with E-state index in [4.69, 9.17) is 0 Å². The van der Waals surface area contributed by atoms with Crippen LogP contribution in [-0.2, 0) is 11.2 Å². The van der Waals surface area contributed by atoms with Crippen molar-refractivity contribution in [2.75, 3.05) is 10.6 Å². The van der Waals surface area contributed by atoms with Crippen molar-refractivity contribution in [1.29, 1.82) is 0 Å². The van der Waals surface area contributed by atoms with Crippen LogP contribution in [0.25, 0.3) is 11.0 Å². The summed E-state index contributed by atoms with van der Waals surface area (Å²) in [6.45, 7) is 0. The second-order valence-corrected chi connectivity index (χ2v) is 5.15. The molecular formula is C16H14N4O. The fourth-order valence-corrected chi connectivity index (χ4v) is 2.67. The molecule has 1 aliphatic rings. The van der Waals surface area contributed by atoms with E-state index in [2.05, 4.69) is 20.6 Å². The molecule has 0 saturated carbocycles. The zero-order valence-corrected chi connectivity index (χ0v) is 11.3. The molecule has 0 aliphatic carbocycles. The third-order valence-electron chi connectivity index (χ3n) is 3.72. The predicted octanol–water partition coefficient (Wildman–Crippen LogP) is 2.54. The van der Waals surface area contributed by atoms with Crippen LogP contribution in [0.2, 0.25) is 0 Å². The molecule has 1 aliphatic heterocycles. The van der Waals surface area contributed by atoms with Crippen molar-refractivity contribution in [2.24, 2.45) is 0 Å². The van der Waals surface area contributed by atoms with E-state index in [1.54, 1.807) is 0 Å². The van der Waals surface area contributed by atoms with Gasteiger partial charge in [-0.3, -0.25) is 10.1 Å². The number of amides is 1. The van der Waals surface area contributed by atoms with Gasteiger partial charge in [0.2, 0.25) is 11.9 Å². The number of carbonyl (C=O) groups excluding carboxylic acids is 1. The summed E-state index contributed by atoms with van der Waals surface area (Å²) in [5, 5.41) is 6.07. The number of hydrogen-bond acceptors (Lipinski definition) is 3. The molecule has 0 saturated heterocycles. The molecule has 5 nitrogen and oxygen atoms in total. The number of H-pyrrole nitrogens is 1. The molecule has 0 unspecified atom stereocenters. The maximum atomic E-state index is 12.3. The molecule has 0 fully saturated rings. The van der Waals surface area contributed by atoms with Crippen LogP contribution in [0.3, 0.4) is 0 Å². The number of rotatable bonds is 2. The zero-order valence-electron chi connectivity index (χ0n) is 11.3. The van der Waals surface area contributed by atoms with Crippen LogP contribution in [0.1, 0.15) is 5.56 Å². The van der Waals surface area contributed by atoms with Gasteiger partial charge in [0.1, 0.15) is 6.04 Å². The van der Waals surface area contributed by atoms with Gasteiger partial charge in [0.15, 0.2) is 0 Å². The maximum Gasteiger partial charge on any atom is 0.249 e. The highest BCUT2D eigenvalue weighted by molar-refractivity contribution is 5.97. The molecule has 0 bridgehead atoms. The Morgan fingerprint density at radius 3 is 2.81 bits per heavy atom. The van der Waals surface area contributed by atoms with Crippen molar-refractivity contribution >= 4 is 28.6 Å². The van der Waals surface area contributed by atoms with Crippen molar-refractivity contribution < 1.29 is 4.79 Å². The van der Waals surface area contributed by atoms with E-state index in [1.165, 1.54) is 5.56 Å². The molecule has 21 heavy (non-hydrogen) atoms. The minimum atomic E-state index is -0.254. The molecule has 5 heteroatoms. The van der Waals surface area contributed by atoms with E-state index < -0.39 is 0 Å². The number of anilines is 2. The molecule has 2 heterocycles. The Hall–Kier alpha value is -2.82. The van der Waals surface area contributed by atoms with Gasteiger partial charge in [-0.15, -0.1) is 0 Å². The van der Waals surface area contributed by atoms with Crippen molar-refractivity contribution in [3.63, 3.8) is 0 Å². The first-order valence-corrected chi connectivity index (χ1v) is 6.90. The molecule has 2 aromatic carbocycles. The molecule has 4 rings (SSSR count). The molecule has 1 amide bonds. The van der Waals surface area contributed by atoms with E-state index in [1.807, 2.05) is 48.5 Å². The van der Waals surface area contributed by atoms with Gasteiger partial charge in [-0.1, -0.05) is 30.3 Å². The van der Waals surface area contributed by atoms with Crippen molar-refractivity contribution in [3.05, 3.63) is 54.1 Å². The zero-order chi connectivity index (χ0) is 14.2. The number of benzene rings is 2. The van der Waals surface area contributed by atoms with E-state index >= 15 is 0 Å². The summed E-state index contributed by atoms with van der Waals surface area (Å²) in [6.07, 6.45) is 0.697. The SMILES string of the molecule is O=C(Nc1nc2ccccc2[nH]1)[C@@H]1Cc2ccccc2N1. The van der Waals surface area contributed by atoms with Crippen LogP contribution in [-0.4, -0.2) is 21.9 Å². The third kappa shape index (κ3) is 2.12. The number of fused-ring (bicyclic) bond motifs is 2. The number of nitrogens with one attached hydrogen (secondary N) is 3. The summed E-state index contributed by atoms with van der Waals surface area (Å²) >= 11 is 0. The smallest absolute Gasteiger partial charge is 0.249 e. The van der Waals surface area contributed by atoms with Gasteiger partial charge in [-0.2, -0.15) is 0 Å². The quantitative estimate of drug-likeness (QED) is 0.674. The monoisotopic (exact) mass is 278 g/mol. The van der Waals surface area contributed by atoms with Crippen LogP contribution < -0.4 is 10.6 Å². The normalized spacial score (nSPS) is 16.5. The molecule has 104 valence electrons. The summed E-state index contributed by atoms with van der Waals surface area (Å²) in [4.78, 5) is 19.8. The first-order chi connectivity index (χ1) is 10.3. The maximum absolute atomic E-state index is 12.3. The Morgan fingerprint density at radius 2 is 1.95 bits per heavy atom. The Balaban J connectivity index is 1.52. The second kappa shape index (κ2) is 4.63. The Labute approximate surface area is 121 Å². The Bertz CT molecular complexity index is 766. The van der Waals surface area contributed by atoms with Gasteiger partial charge in [0.25, 0.3) is 0 Å². The van der Waals surface area contributed by atoms with E-state index in [0.717, 1.165) is 16.7 Å². The highest BCUT2D eigenvalue weighted by Crippen LogP contribution is 2.25. The largest absolute Gasteiger partial charge is 0.373 e. The van der Waals surface area contributed by atoms with Gasteiger partial charge >= 0.3 is 0 Å². The number of imidazole rings is 1. The lowest BCUT2D eigenvalue weighted by Crippen LogP contribution is -2.33. The van der Waals surface area contributed by atoms with Crippen LogP contribution in [0.5, 0.6) is 0 Å².